The molecule has 5 aliphatic heterocycles. The Bertz CT molecular complexity index is 2300. The predicted molar refractivity (Wildman–Crippen MR) is 265 cm³/mol. The first-order valence-corrected chi connectivity index (χ1v) is 25.1. The molecule has 1 spiro atoms. The topological polar surface area (TPSA) is 94.7 Å². The van der Waals surface area contributed by atoms with Crippen molar-refractivity contribution < 1.29 is 32.6 Å². The number of carbonyl (C=O) groups is 3. The van der Waals surface area contributed by atoms with Gasteiger partial charge in [0, 0.05) is 61.5 Å². The predicted octanol–water partition coefficient (Wildman–Crippen LogP) is 10.9. The van der Waals surface area contributed by atoms with Gasteiger partial charge in [0.2, 0.25) is 11.8 Å². The van der Waals surface area contributed by atoms with Crippen LogP contribution in [0.5, 0.6) is 11.5 Å². The van der Waals surface area contributed by atoms with E-state index in [0.29, 0.717) is 30.6 Å². The lowest BCUT2D eigenvalue weighted by Gasteiger charge is -2.52. The number of benzene rings is 3. The normalized spacial score (nSPS) is 24.3. The van der Waals surface area contributed by atoms with E-state index in [4.69, 9.17) is 9.47 Å². The van der Waals surface area contributed by atoms with Gasteiger partial charge in [-0.05, 0) is 129 Å². The molecule has 3 fully saturated rings. The van der Waals surface area contributed by atoms with Crippen molar-refractivity contribution in [3.8, 4) is 11.5 Å². The summed E-state index contributed by atoms with van der Waals surface area (Å²) in [6.45, 7) is 24.8. The molecule has 5 heterocycles. The molecule has 1 aliphatic carbocycles. The van der Waals surface area contributed by atoms with Crippen molar-refractivity contribution in [1.82, 2.24) is 15.1 Å². The first-order chi connectivity index (χ1) is 32.2. The first-order valence-electron chi connectivity index (χ1n) is 25.1. The van der Waals surface area contributed by atoms with Crippen LogP contribution < -0.4 is 24.6 Å². The number of nitrogens with zero attached hydrogens (tertiary/aromatic N) is 4. The lowest BCUT2D eigenvalue weighted by atomic mass is 9.57. The summed E-state index contributed by atoms with van der Waals surface area (Å²) in [7, 11) is 1.70. The first kappa shape index (κ1) is 49.9. The van der Waals surface area contributed by atoms with Gasteiger partial charge in [0.15, 0.2) is 0 Å². The summed E-state index contributed by atoms with van der Waals surface area (Å²) in [6, 6.07) is 13.6. The van der Waals surface area contributed by atoms with Crippen LogP contribution in [0.3, 0.4) is 0 Å². The van der Waals surface area contributed by atoms with Crippen LogP contribution in [0, 0.1) is 18.3 Å². The fourth-order valence-electron chi connectivity index (χ4n) is 11.8. The van der Waals surface area contributed by atoms with E-state index >= 15 is 0 Å². The summed E-state index contributed by atoms with van der Waals surface area (Å²) >= 11 is 0. The van der Waals surface area contributed by atoms with Gasteiger partial charge in [-0.25, -0.2) is 8.78 Å². The molecule has 0 radical (unpaired) electrons. The number of fused-ring (bicyclic) bond motifs is 3. The number of rotatable bonds is 11. The number of alkyl halides is 2. The minimum Gasteiger partial charge on any atom is -0.496 e. The molecule has 67 heavy (non-hydrogen) atoms. The largest absolute Gasteiger partial charge is 0.496 e. The highest BCUT2D eigenvalue weighted by atomic mass is 19.3. The molecular weight excluding hydrogens is 849 g/mol. The number of hydrogen-bond acceptors (Lipinski definition) is 8. The van der Waals surface area contributed by atoms with Crippen LogP contribution in [0.15, 0.2) is 49.0 Å². The van der Waals surface area contributed by atoms with Gasteiger partial charge in [0.25, 0.3) is 12.3 Å². The van der Waals surface area contributed by atoms with E-state index in [2.05, 4.69) is 99.6 Å². The molecule has 3 aromatic carbocycles. The fourth-order valence-corrected chi connectivity index (χ4v) is 11.8. The van der Waals surface area contributed by atoms with Gasteiger partial charge < -0.3 is 24.2 Å². The van der Waals surface area contributed by atoms with Gasteiger partial charge >= 0.3 is 0 Å². The monoisotopic (exact) mass is 924 g/mol. The molecule has 1 saturated carbocycles. The number of aryl methyl sites for hydroxylation is 1. The van der Waals surface area contributed by atoms with Crippen LogP contribution in [0.2, 0.25) is 0 Å². The number of piperidine rings is 2. The van der Waals surface area contributed by atoms with Crippen molar-refractivity contribution >= 4 is 35.2 Å². The second-order valence-electron chi connectivity index (χ2n) is 19.9. The molecular formula is C55H75F2N5O5. The summed E-state index contributed by atoms with van der Waals surface area (Å²) in [6.07, 6.45) is 9.47. The molecule has 4 atom stereocenters. The number of amides is 3. The van der Waals surface area contributed by atoms with Crippen molar-refractivity contribution in [2.45, 2.75) is 156 Å². The Morgan fingerprint density at radius 2 is 1.73 bits per heavy atom. The number of imide groups is 1. The molecule has 10 nitrogen and oxygen atoms in total. The van der Waals surface area contributed by atoms with E-state index in [0.717, 1.165) is 84.3 Å². The number of methoxy groups -OCH3 is 1. The SMILES string of the molecule is C=Cc1c(C)ccc2c1CC(C)N(CC(F)F)[C@@H]2c1ccc(N2CCC3(CC2)CC(CC)C3)cc1OC.CC.CCCN1c2cc3c(cc2OC[C@]1(C)CC)C(=O)N(C1CCC(=O)NC1=O)C3. The zero-order chi connectivity index (χ0) is 48.4. The Balaban J connectivity index is 0.000000199. The second kappa shape index (κ2) is 20.7. The van der Waals surface area contributed by atoms with Crippen LogP contribution in [-0.4, -0.2) is 91.5 Å². The van der Waals surface area contributed by atoms with Crippen LogP contribution >= 0.6 is 0 Å². The standard InChI is InChI=1S/C32H42F2N2O.C21H27N3O4.C2H6/c1-6-23-18-32(19-23)12-14-35(15-13-32)24-9-11-27(29(17-24)37-5)31-26-10-8-21(3)25(7-2)28(26)16-22(4)36(31)20-30(33)34;1-4-8-24-16-9-13-11-23(15-6-7-18(25)22-19(15)26)20(27)14(13)10-17(16)28-12-21(24,3)5-2;1-2/h7-11,17,22-23,30-31H,2,6,12-16,18-20H2,1,3-5H3;9-10,15H,4-8,11-12H2,1-3H3,(H,22,25,26);1-2H3/t22?,31-;15?,21-;/m00./s1. The third kappa shape index (κ3) is 9.70. The number of hydrogen-bond donors (Lipinski definition) is 1. The van der Waals surface area contributed by atoms with Crippen molar-refractivity contribution in [1.29, 1.82) is 0 Å². The highest BCUT2D eigenvalue weighted by Gasteiger charge is 2.46. The molecule has 6 aliphatic rings. The molecule has 364 valence electrons. The highest BCUT2D eigenvalue weighted by molar-refractivity contribution is 6.06. The summed E-state index contributed by atoms with van der Waals surface area (Å²) in [5, 5.41) is 2.35. The minimum absolute atomic E-state index is 0.0240. The molecule has 3 aromatic rings. The summed E-state index contributed by atoms with van der Waals surface area (Å²) in [4.78, 5) is 45.1. The van der Waals surface area contributed by atoms with Crippen LogP contribution in [0.4, 0.5) is 20.2 Å². The van der Waals surface area contributed by atoms with E-state index in [1.807, 2.05) is 30.9 Å². The Morgan fingerprint density at radius 3 is 2.36 bits per heavy atom. The van der Waals surface area contributed by atoms with Crippen molar-refractivity contribution in [3.63, 3.8) is 0 Å². The molecule has 2 saturated heterocycles. The summed E-state index contributed by atoms with van der Waals surface area (Å²) in [5.41, 5.74) is 9.75. The second-order valence-corrected chi connectivity index (χ2v) is 19.9. The van der Waals surface area contributed by atoms with E-state index in [-0.39, 0.29) is 48.3 Å². The summed E-state index contributed by atoms with van der Waals surface area (Å²) in [5.74, 6) is 1.61. The maximum atomic E-state index is 13.8. The minimum atomic E-state index is -2.40. The smallest absolute Gasteiger partial charge is 0.255 e. The maximum Gasteiger partial charge on any atom is 0.255 e. The van der Waals surface area contributed by atoms with Gasteiger partial charge in [0.1, 0.15) is 24.1 Å². The number of halogens is 2. The van der Waals surface area contributed by atoms with E-state index in [1.54, 1.807) is 12.0 Å². The van der Waals surface area contributed by atoms with E-state index < -0.39 is 12.5 Å². The molecule has 3 amide bonds. The lowest BCUT2D eigenvalue weighted by Crippen LogP contribution is -2.53. The molecule has 2 unspecified atom stereocenters. The number of ether oxygens (including phenoxy) is 2. The summed E-state index contributed by atoms with van der Waals surface area (Å²) < 4.78 is 39.6. The van der Waals surface area contributed by atoms with E-state index in [1.165, 1.54) is 48.9 Å². The zero-order valence-corrected chi connectivity index (χ0v) is 41.6. The average Bonchev–Trinajstić information content (AvgIpc) is 3.63. The van der Waals surface area contributed by atoms with Crippen LogP contribution in [0.25, 0.3) is 6.08 Å². The van der Waals surface area contributed by atoms with Gasteiger partial charge in [-0.3, -0.25) is 24.6 Å². The molecule has 9 rings (SSSR count). The molecule has 12 heteroatoms. The fraction of sp³-hybridized carbons (Fsp3) is 0.582. The number of anilines is 2. The Hall–Kier alpha value is -4.97. The number of nitrogens with one attached hydrogen (secondary N) is 1. The van der Waals surface area contributed by atoms with Gasteiger partial charge in [-0.2, -0.15) is 0 Å². The third-order valence-corrected chi connectivity index (χ3v) is 15.9. The Morgan fingerprint density at radius 1 is 1.01 bits per heavy atom. The third-order valence-electron chi connectivity index (χ3n) is 15.9. The molecule has 1 N–H and O–H groups in total. The van der Waals surface area contributed by atoms with Crippen molar-refractivity contribution in [2.75, 3.05) is 49.7 Å². The Kier molecular flexibility index (Phi) is 15.4. The number of carbonyl (C=O) groups excluding carboxylic acids is 3. The molecule has 0 aromatic heterocycles. The van der Waals surface area contributed by atoms with Crippen molar-refractivity contribution in [3.05, 3.63) is 88.0 Å². The Labute approximate surface area is 398 Å². The van der Waals surface area contributed by atoms with Crippen molar-refractivity contribution in [2.24, 2.45) is 11.3 Å². The van der Waals surface area contributed by atoms with Gasteiger partial charge in [0.05, 0.1) is 30.9 Å². The van der Waals surface area contributed by atoms with Crippen LogP contribution in [0.1, 0.15) is 156 Å². The van der Waals surface area contributed by atoms with E-state index in [9.17, 15) is 23.2 Å². The average molecular weight is 924 g/mol. The molecule has 0 bridgehead atoms. The van der Waals surface area contributed by atoms with Gasteiger partial charge in [-0.15, -0.1) is 0 Å². The zero-order valence-electron chi connectivity index (χ0n) is 41.6. The van der Waals surface area contributed by atoms with Crippen LogP contribution in [-0.2, 0) is 22.6 Å². The quantitative estimate of drug-likeness (QED) is 0.190. The van der Waals surface area contributed by atoms with Gasteiger partial charge in [-0.1, -0.05) is 71.9 Å². The maximum absolute atomic E-state index is 13.8. The highest BCUT2D eigenvalue weighted by Crippen LogP contribution is 2.54. The lowest BCUT2D eigenvalue weighted by molar-refractivity contribution is -0.136.